The second kappa shape index (κ2) is 13.1. The second-order valence-electron chi connectivity index (χ2n) is 8.79. The summed E-state index contributed by atoms with van der Waals surface area (Å²) in [6, 6.07) is 25.2. The van der Waals surface area contributed by atoms with E-state index in [-0.39, 0.29) is 11.4 Å². The van der Waals surface area contributed by atoms with Gasteiger partial charge in [-0.2, -0.15) is 0 Å². The number of halogens is 1. The minimum Gasteiger partial charge on any atom is -0.459 e. The number of ether oxygens (including phenoxy) is 2. The first-order valence-corrected chi connectivity index (χ1v) is 12.6. The van der Waals surface area contributed by atoms with E-state index in [4.69, 9.17) is 9.47 Å². The maximum absolute atomic E-state index is 12.8. The van der Waals surface area contributed by atoms with E-state index in [9.17, 15) is 9.59 Å². The molecule has 0 bridgehead atoms. The highest BCUT2D eigenvalue weighted by atomic mass is 79.9. The van der Waals surface area contributed by atoms with Gasteiger partial charge in [0.1, 0.15) is 12.7 Å². The molecule has 0 saturated carbocycles. The van der Waals surface area contributed by atoms with Gasteiger partial charge >= 0.3 is 12.1 Å². The van der Waals surface area contributed by atoms with Crippen LogP contribution in [0.2, 0.25) is 0 Å². The molecule has 0 radical (unpaired) electrons. The van der Waals surface area contributed by atoms with Gasteiger partial charge in [-0.25, -0.2) is 4.79 Å². The lowest BCUT2D eigenvalue weighted by atomic mass is 9.95. The van der Waals surface area contributed by atoms with Crippen LogP contribution in [-0.4, -0.2) is 29.0 Å². The fourth-order valence-electron chi connectivity index (χ4n) is 4.16. The second-order valence-corrected chi connectivity index (χ2v) is 9.97. The summed E-state index contributed by atoms with van der Waals surface area (Å²) < 4.78 is 11.3. The van der Waals surface area contributed by atoms with Crippen LogP contribution in [-0.2, 0) is 33.7 Å². The number of amides is 1. The number of esters is 1. The molecule has 3 aromatic carbocycles. The summed E-state index contributed by atoms with van der Waals surface area (Å²) in [6.07, 6.45) is -0.0587. The number of hydrogen-bond acceptors (Lipinski definition) is 4. The van der Waals surface area contributed by atoms with Gasteiger partial charge in [-0.15, -0.1) is 0 Å². The fraction of sp³-hybridized carbons (Fsp3) is 0.310. The zero-order chi connectivity index (χ0) is 25.2. The number of alkyl halides is 1. The van der Waals surface area contributed by atoms with Crippen LogP contribution < -0.4 is 5.32 Å². The van der Waals surface area contributed by atoms with Crippen molar-refractivity contribution in [2.24, 2.45) is 0 Å². The van der Waals surface area contributed by atoms with E-state index in [2.05, 4.69) is 53.3 Å². The van der Waals surface area contributed by atoms with Gasteiger partial charge in [0.2, 0.25) is 0 Å². The third kappa shape index (κ3) is 8.87. The van der Waals surface area contributed by atoms with E-state index in [1.54, 1.807) is 0 Å². The molecule has 0 aliphatic rings. The molecular formula is C29H32BrNO4. The molecule has 0 aliphatic heterocycles. The average Bonchev–Trinajstić information content (AvgIpc) is 2.81. The smallest absolute Gasteiger partial charge is 0.407 e. The normalized spacial score (nSPS) is 13.4. The lowest BCUT2D eigenvalue weighted by Crippen LogP contribution is -2.50. The van der Waals surface area contributed by atoms with Crippen molar-refractivity contribution in [1.29, 1.82) is 0 Å². The monoisotopic (exact) mass is 537 g/mol. The molecule has 0 saturated heterocycles. The van der Waals surface area contributed by atoms with Gasteiger partial charge in [0, 0.05) is 6.92 Å². The van der Waals surface area contributed by atoms with Crippen molar-refractivity contribution in [3.8, 4) is 0 Å². The summed E-state index contributed by atoms with van der Waals surface area (Å²) in [5.74, 6) is -0.405. The molecule has 35 heavy (non-hydrogen) atoms. The van der Waals surface area contributed by atoms with Crippen molar-refractivity contribution in [2.75, 3.05) is 0 Å². The molecule has 0 aromatic heterocycles. The molecule has 0 unspecified atom stereocenters. The summed E-state index contributed by atoms with van der Waals surface area (Å²) >= 11 is 3.77. The van der Waals surface area contributed by atoms with Gasteiger partial charge in [-0.05, 0) is 43.4 Å². The van der Waals surface area contributed by atoms with Crippen molar-refractivity contribution in [1.82, 2.24) is 5.32 Å². The fourth-order valence-corrected chi connectivity index (χ4v) is 5.01. The first-order chi connectivity index (χ1) is 16.8. The minimum atomic E-state index is -0.613. The Hall–Kier alpha value is -3.12. The van der Waals surface area contributed by atoms with Gasteiger partial charge in [0.15, 0.2) is 0 Å². The van der Waals surface area contributed by atoms with Crippen molar-refractivity contribution >= 4 is 28.0 Å². The molecule has 3 aromatic rings. The highest BCUT2D eigenvalue weighted by molar-refractivity contribution is 9.09. The van der Waals surface area contributed by atoms with Crippen LogP contribution in [0.15, 0.2) is 78.9 Å². The SMILES string of the molecule is CC(=O)O[C@H]([C@H](Cc1ccccc1)NC(=O)OCc1ccccc1)[C@@H](Br)Cc1cc(C)cc(C)c1. The number of carbonyl (C=O) groups is 2. The molecule has 0 aliphatic carbocycles. The number of rotatable bonds is 10. The van der Waals surface area contributed by atoms with Crippen LogP contribution in [0.5, 0.6) is 0 Å². The molecular weight excluding hydrogens is 506 g/mol. The van der Waals surface area contributed by atoms with Crippen LogP contribution in [0.1, 0.15) is 34.7 Å². The Balaban J connectivity index is 1.80. The minimum absolute atomic E-state index is 0.156. The third-order valence-electron chi connectivity index (χ3n) is 5.58. The van der Waals surface area contributed by atoms with Gasteiger partial charge in [-0.1, -0.05) is 106 Å². The maximum atomic E-state index is 12.8. The van der Waals surface area contributed by atoms with Crippen LogP contribution >= 0.6 is 15.9 Å². The summed E-state index contributed by atoms with van der Waals surface area (Å²) in [7, 11) is 0. The number of alkyl carbamates (subject to hydrolysis) is 1. The quantitative estimate of drug-likeness (QED) is 0.251. The van der Waals surface area contributed by atoms with Gasteiger partial charge in [-0.3, -0.25) is 4.79 Å². The largest absolute Gasteiger partial charge is 0.459 e. The predicted octanol–water partition coefficient (Wildman–Crippen LogP) is 6.08. The molecule has 3 rings (SSSR count). The lowest BCUT2D eigenvalue weighted by molar-refractivity contribution is -0.147. The van der Waals surface area contributed by atoms with E-state index < -0.39 is 24.2 Å². The molecule has 1 amide bonds. The van der Waals surface area contributed by atoms with Crippen molar-refractivity contribution in [3.05, 3.63) is 107 Å². The van der Waals surface area contributed by atoms with Crippen molar-refractivity contribution < 1.29 is 19.1 Å². The van der Waals surface area contributed by atoms with E-state index in [1.807, 2.05) is 60.7 Å². The number of carbonyl (C=O) groups excluding carboxylic acids is 2. The number of nitrogens with one attached hydrogen (secondary N) is 1. The van der Waals surface area contributed by atoms with Crippen LogP contribution in [0, 0.1) is 13.8 Å². The van der Waals surface area contributed by atoms with E-state index in [0.717, 1.165) is 16.7 Å². The molecule has 0 fully saturated rings. The van der Waals surface area contributed by atoms with E-state index in [1.165, 1.54) is 18.1 Å². The van der Waals surface area contributed by atoms with E-state index >= 15 is 0 Å². The van der Waals surface area contributed by atoms with Gasteiger partial charge < -0.3 is 14.8 Å². The number of benzene rings is 3. The van der Waals surface area contributed by atoms with Gasteiger partial charge in [0.05, 0.1) is 10.9 Å². The average molecular weight is 538 g/mol. The lowest BCUT2D eigenvalue weighted by Gasteiger charge is -2.31. The topological polar surface area (TPSA) is 64.6 Å². The highest BCUT2D eigenvalue weighted by Crippen LogP contribution is 2.23. The first kappa shape index (κ1) is 26.5. The highest BCUT2D eigenvalue weighted by Gasteiger charge is 2.33. The molecule has 0 heterocycles. The summed E-state index contributed by atoms with van der Waals surface area (Å²) in [4.78, 5) is 24.6. The molecule has 3 atom stereocenters. The summed E-state index contributed by atoms with van der Waals surface area (Å²) in [5, 5.41) is 2.96. The predicted molar refractivity (Wildman–Crippen MR) is 142 cm³/mol. The number of aryl methyl sites for hydroxylation is 2. The Bertz CT molecular complexity index is 1080. The maximum Gasteiger partial charge on any atom is 0.407 e. The molecule has 6 heteroatoms. The zero-order valence-corrected chi connectivity index (χ0v) is 22.0. The van der Waals surface area contributed by atoms with Crippen molar-refractivity contribution in [2.45, 2.75) is 57.2 Å². The van der Waals surface area contributed by atoms with Gasteiger partial charge in [0.25, 0.3) is 0 Å². The summed E-state index contributed by atoms with van der Waals surface area (Å²) in [6.45, 7) is 5.66. The summed E-state index contributed by atoms with van der Waals surface area (Å²) in [5.41, 5.74) is 5.39. The van der Waals surface area contributed by atoms with Crippen LogP contribution in [0.3, 0.4) is 0 Å². The molecule has 5 nitrogen and oxygen atoms in total. The Morgan fingerprint density at radius 2 is 1.40 bits per heavy atom. The van der Waals surface area contributed by atoms with Crippen molar-refractivity contribution in [3.63, 3.8) is 0 Å². The zero-order valence-electron chi connectivity index (χ0n) is 20.4. The number of hydrogen-bond donors (Lipinski definition) is 1. The Labute approximate surface area is 216 Å². The standard InChI is InChI=1S/C29H32BrNO4/c1-20-14-21(2)16-25(15-20)17-26(30)28(35-22(3)32)27(18-23-10-6-4-7-11-23)31-29(33)34-19-24-12-8-5-9-13-24/h4-16,26-28H,17-19H2,1-3H3,(H,31,33)/t26-,27-,28-/m0/s1. The van der Waals surface area contributed by atoms with Crippen LogP contribution in [0.25, 0.3) is 0 Å². The van der Waals surface area contributed by atoms with E-state index in [0.29, 0.717) is 12.8 Å². The molecule has 1 N–H and O–H groups in total. The third-order valence-corrected chi connectivity index (χ3v) is 6.43. The molecule has 184 valence electrons. The Morgan fingerprint density at radius 1 is 0.829 bits per heavy atom. The van der Waals surface area contributed by atoms with Crippen LogP contribution in [0.4, 0.5) is 4.79 Å². The first-order valence-electron chi connectivity index (χ1n) is 11.7. The molecule has 0 spiro atoms. The Kier molecular flexibility index (Phi) is 9.91. The Morgan fingerprint density at radius 3 is 1.97 bits per heavy atom.